The van der Waals surface area contributed by atoms with E-state index in [1.54, 1.807) is 48.5 Å². The minimum absolute atomic E-state index is 0.265. The summed E-state index contributed by atoms with van der Waals surface area (Å²) in [4.78, 5) is 36.4. The molecular weight excluding hydrogens is 410 g/mol. The number of nitrogens with zero attached hydrogens (tertiary/aromatic N) is 2. The summed E-state index contributed by atoms with van der Waals surface area (Å²) in [5, 5.41) is 11.2. The molecule has 0 unspecified atom stereocenters. The smallest absolute Gasteiger partial charge is 0.374 e. The van der Waals surface area contributed by atoms with Gasteiger partial charge in [0, 0.05) is 11.8 Å². The number of fused-ring (bicyclic) bond motifs is 1. The molecule has 0 bridgehead atoms. The number of benzene rings is 3. The highest BCUT2D eigenvalue weighted by Crippen LogP contribution is 2.20. The molecule has 0 saturated carbocycles. The summed E-state index contributed by atoms with van der Waals surface area (Å²) < 4.78 is 10.4. The third-order valence-electron chi connectivity index (χ3n) is 4.36. The molecule has 0 radical (unpaired) electrons. The molecule has 3 aromatic carbocycles. The van der Waals surface area contributed by atoms with Crippen molar-refractivity contribution in [2.45, 2.75) is 0 Å². The largest absolute Gasteiger partial charge is 0.450 e. The quantitative estimate of drug-likeness (QED) is 0.344. The van der Waals surface area contributed by atoms with Crippen LogP contribution in [0.4, 0.5) is 17.1 Å². The number of hydrogen-bond donors (Lipinski definition) is 1. The molecule has 0 spiro atoms. The van der Waals surface area contributed by atoms with E-state index in [1.165, 1.54) is 0 Å². The molecule has 32 heavy (non-hydrogen) atoms. The predicted molar refractivity (Wildman–Crippen MR) is 118 cm³/mol. The number of hydrogen-bond acceptors (Lipinski definition) is 7. The van der Waals surface area contributed by atoms with E-state index in [-0.39, 0.29) is 16.8 Å². The lowest BCUT2D eigenvalue weighted by Gasteiger charge is -2.07. The van der Waals surface area contributed by atoms with Gasteiger partial charge in [-0.05, 0) is 48.5 Å². The maximum atomic E-state index is 12.2. The van der Waals surface area contributed by atoms with Gasteiger partial charge in [-0.2, -0.15) is 10.2 Å². The number of carbonyl (C=O) groups excluding carboxylic acids is 2. The first-order chi connectivity index (χ1) is 15.6. The molecule has 1 amide bonds. The lowest BCUT2D eigenvalue weighted by atomic mass is 10.2. The highest BCUT2D eigenvalue weighted by molar-refractivity contribution is 5.95. The zero-order valence-corrected chi connectivity index (χ0v) is 16.7. The first-order valence-electron chi connectivity index (χ1n) is 9.65. The summed E-state index contributed by atoms with van der Waals surface area (Å²) in [7, 11) is 0. The van der Waals surface area contributed by atoms with Crippen molar-refractivity contribution in [3.05, 3.63) is 101 Å². The van der Waals surface area contributed by atoms with Gasteiger partial charge in [0.25, 0.3) is 5.91 Å². The van der Waals surface area contributed by atoms with E-state index in [0.29, 0.717) is 16.8 Å². The summed E-state index contributed by atoms with van der Waals surface area (Å²) in [6, 6.07) is 23.6. The van der Waals surface area contributed by atoms with Gasteiger partial charge in [0.05, 0.1) is 16.8 Å². The number of anilines is 1. The van der Waals surface area contributed by atoms with Crippen LogP contribution in [0.2, 0.25) is 0 Å². The molecule has 0 atom stereocenters. The second kappa shape index (κ2) is 9.48. The maximum Gasteiger partial charge on any atom is 0.374 e. The van der Waals surface area contributed by atoms with Gasteiger partial charge >= 0.3 is 5.97 Å². The predicted octanol–water partition coefficient (Wildman–Crippen LogP) is 5.00. The van der Waals surface area contributed by atoms with Crippen molar-refractivity contribution in [2.75, 3.05) is 11.9 Å². The van der Waals surface area contributed by atoms with E-state index in [9.17, 15) is 14.4 Å². The van der Waals surface area contributed by atoms with Gasteiger partial charge in [-0.25, -0.2) is 4.79 Å². The summed E-state index contributed by atoms with van der Waals surface area (Å²) in [6.45, 7) is -0.537. The number of para-hydroxylation sites is 1. The van der Waals surface area contributed by atoms with Crippen LogP contribution in [0.3, 0.4) is 0 Å². The van der Waals surface area contributed by atoms with Crippen LogP contribution < -0.4 is 10.7 Å². The lowest BCUT2D eigenvalue weighted by Crippen LogP contribution is -2.21. The summed E-state index contributed by atoms with van der Waals surface area (Å²) in [5.74, 6) is -1.71. The number of nitrogens with one attached hydrogen (secondary N) is 1. The molecule has 1 heterocycles. The first-order valence-corrected chi connectivity index (χ1v) is 9.65. The third-order valence-corrected chi connectivity index (χ3v) is 4.36. The van der Waals surface area contributed by atoms with Gasteiger partial charge in [-0.15, -0.1) is 0 Å². The Morgan fingerprint density at radius 3 is 2.25 bits per heavy atom. The summed E-state index contributed by atoms with van der Waals surface area (Å²) in [6.07, 6.45) is 0. The Morgan fingerprint density at radius 1 is 0.844 bits per heavy atom. The lowest BCUT2D eigenvalue weighted by molar-refractivity contribution is -0.119. The summed E-state index contributed by atoms with van der Waals surface area (Å²) in [5.41, 5.74) is 1.74. The van der Waals surface area contributed by atoms with Crippen LogP contribution in [0, 0.1) is 0 Å². The van der Waals surface area contributed by atoms with Crippen molar-refractivity contribution < 1.29 is 18.7 Å². The topological polar surface area (TPSA) is 110 Å². The number of amides is 1. The highest BCUT2D eigenvalue weighted by atomic mass is 16.5. The van der Waals surface area contributed by atoms with Crippen LogP contribution in [0.1, 0.15) is 10.6 Å². The van der Waals surface area contributed by atoms with E-state index in [0.717, 1.165) is 11.8 Å². The first kappa shape index (κ1) is 20.7. The Kier molecular flexibility index (Phi) is 6.12. The molecule has 0 fully saturated rings. The monoisotopic (exact) mass is 427 g/mol. The number of esters is 1. The third kappa shape index (κ3) is 5.11. The van der Waals surface area contributed by atoms with Crippen molar-refractivity contribution in [2.24, 2.45) is 10.2 Å². The van der Waals surface area contributed by atoms with Gasteiger partial charge in [-0.3, -0.25) is 9.59 Å². The second-order valence-corrected chi connectivity index (χ2v) is 6.68. The Balaban J connectivity index is 1.32. The van der Waals surface area contributed by atoms with Gasteiger partial charge in [-0.1, -0.05) is 30.3 Å². The van der Waals surface area contributed by atoms with Gasteiger partial charge in [0.2, 0.25) is 5.76 Å². The number of azo groups is 1. The molecule has 1 N–H and O–H groups in total. The minimum atomic E-state index is -0.903. The van der Waals surface area contributed by atoms with Crippen LogP contribution in [0.15, 0.2) is 104 Å². The molecule has 4 rings (SSSR count). The Labute approximate surface area is 182 Å². The number of rotatable bonds is 6. The normalized spacial score (nSPS) is 10.9. The molecule has 4 aromatic rings. The van der Waals surface area contributed by atoms with Gasteiger partial charge in [0.1, 0.15) is 5.58 Å². The second-order valence-electron chi connectivity index (χ2n) is 6.68. The fourth-order valence-electron chi connectivity index (χ4n) is 2.83. The Morgan fingerprint density at radius 2 is 1.50 bits per heavy atom. The van der Waals surface area contributed by atoms with E-state index < -0.39 is 18.5 Å². The average molecular weight is 427 g/mol. The molecule has 8 heteroatoms. The van der Waals surface area contributed by atoms with Crippen LogP contribution in [0.5, 0.6) is 0 Å². The highest BCUT2D eigenvalue weighted by Gasteiger charge is 2.15. The molecule has 0 aliphatic rings. The molecule has 0 aliphatic heterocycles. The fourth-order valence-corrected chi connectivity index (χ4v) is 2.83. The van der Waals surface area contributed by atoms with Crippen molar-refractivity contribution in [3.8, 4) is 0 Å². The summed E-state index contributed by atoms with van der Waals surface area (Å²) >= 11 is 0. The van der Waals surface area contributed by atoms with Crippen LogP contribution in [-0.2, 0) is 9.53 Å². The standard InChI is InChI=1S/C24H17N3O5/c28-20-14-22(32-21-9-5-4-8-19(20)21)24(30)31-15-23(29)25-16-10-12-18(13-11-16)27-26-17-6-2-1-3-7-17/h1-14H,15H2,(H,25,29). The van der Waals surface area contributed by atoms with Crippen molar-refractivity contribution in [1.82, 2.24) is 0 Å². The van der Waals surface area contributed by atoms with E-state index in [4.69, 9.17) is 9.15 Å². The zero-order valence-electron chi connectivity index (χ0n) is 16.7. The Hall–Kier alpha value is -4.59. The Bertz CT molecular complexity index is 1350. The van der Waals surface area contributed by atoms with Crippen molar-refractivity contribution in [3.63, 3.8) is 0 Å². The van der Waals surface area contributed by atoms with E-state index in [1.807, 2.05) is 30.3 Å². The van der Waals surface area contributed by atoms with Gasteiger partial charge in [0.15, 0.2) is 12.0 Å². The molecule has 1 aromatic heterocycles. The maximum absolute atomic E-state index is 12.2. The zero-order chi connectivity index (χ0) is 22.3. The molecule has 158 valence electrons. The molecule has 8 nitrogen and oxygen atoms in total. The molecule has 0 saturated heterocycles. The van der Waals surface area contributed by atoms with Crippen molar-refractivity contribution >= 4 is 39.9 Å². The fraction of sp³-hybridized carbons (Fsp3) is 0.0417. The van der Waals surface area contributed by atoms with Gasteiger partial charge < -0.3 is 14.5 Å². The average Bonchev–Trinajstić information content (AvgIpc) is 2.83. The van der Waals surface area contributed by atoms with Crippen LogP contribution in [-0.4, -0.2) is 18.5 Å². The van der Waals surface area contributed by atoms with Crippen LogP contribution >= 0.6 is 0 Å². The molecular formula is C24H17N3O5. The van der Waals surface area contributed by atoms with Crippen molar-refractivity contribution in [1.29, 1.82) is 0 Å². The van der Waals surface area contributed by atoms with E-state index in [2.05, 4.69) is 15.5 Å². The number of ether oxygens (including phenoxy) is 1. The van der Waals surface area contributed by atoms with Crippen LogP contribution in [0.25, 0.3) is 11.0 Å². The number of carbonyl (C=O) groups is 2. The SMILES string of the molecule is O=C(COC(=O)c1cc(=O)c2ccccc2o1)Nc1ccc(N=Nc2ccccc2)cc1. The minimum Gasteiger partial charge on any atom is -0.450 e. The van der Waals surface area contributed by atoms with E-state index >= 15 is 0 Å². The molecule has 0 aliphatic carbocycles.